The molecule has 0 spiro atoms. The van der Waals surface area contributed by atoms with Gasteiger partial charge in [0.05, 0.1) is 5.54 Å². The summed E-state index contributed by atoms with van der Waals surface area (Å²) in [7, 11) is 0. The Labute approximate surface area is 99.8 Å². The first-order chi connectivity index (χ1) is 8.17. The summed E-state index contributed by atoms with van der Waals surface area (Å²) in [6, 6.07) is 8.41. The molecule has 2 aromatic rings. The Morgan fingerprint density at radius 3 is 2.76 bits per heavy atom. The van der Waals surface area contributed by atoms with Gasteiger partial charge in [-0.2, -0.15) is 4.98 Å². The Kier molecular flexibility index (Phi) is 2.26. The molecule has 0 aliphatic heterocycles. The molecule has 1 aromatic carbocycles. The molecule has 0 radical (unpaired) electrons. The summed E-state index contributed by atoms with van der Waals surface area (Å²) in [5, 5.41) is 3.97. The van der Waals surface area contributed by atoms with Gasteiger partial charge in [0, 0.05) is 6.92 Å². The first-order valence-corrected chi connectivity index (χ1v) is 5.84. The van der Waals surface area contributed by atoms with Crippen LogP contribution in [0, 0.1) is 6.92 Å². The zero-order valence-electron chi connectivity index (χ0n) is 9.81. The van der Waals surface area contributed by atoms with Crippen molar-refractivity contribution < 1.29 is 4.52 Å². The van der Waals surface area contributed by atoms with Gasteiger partial charge in [0.15, 0.2) is 5.82 Å². The number of rotatable bonds is 1. The first kappa shape index (κ1) is 10.5. The zero-order valence-corrected chi connectivity index (χ0v) is 9.81. The fourth-order valence-electron chi connectivity index (χ4n) is 2.45. The van der Waals surface area contributed by atoms with E-state index < -0.39 is 5.54 Å². The Balaban J connectivity index is 1.97. The van der Waals surface area contributed by atoms with Crippen LogP contribution in [0.25, 0.3) is 0 Å². The van der Waals surface area contributed by atoms with Crippen LogP contribution in [0.1, 0.15) is 29.3 Å². The lowest BCUT2D eigenvalue weighted by atomic mass is 9.78. The minimum atomic E-state index is -0.480. The highest BCUT2D eigenvalue weighted by atomic mass is 16.5. The summed E-state index contributed by atoms with van der Waals surface area (Å²) in [6.07, 6.45) is 2.62. The maximum Gasteiger partial charge on any atom is 0.223 e. The fraction of sp³-hybridized carbons (Fsp3) is 0.385. The summed E-state index contributed by atoms with van der Waals surface area (Å²) < 4.78 is 5.03. The average Bonchev–Trinajstić information content (AvgIpc) is 2.76. The van der Waals surface area contributed by atoms with Crippen LogP contribution in [0.15, 0.2) is 28.8 Å². The van der Waals surface area contributed by atoms with Crippen molar-refractivity contribution in [2.45, 2.75) is 31.7 Å². The highest BCUT2D eigenvalue weighted by molar-refractivity contribution is 5.33. The van der Waals surface area contributed by atoms with E-state index in [2.05, 4.69) is 28.3 Å². The molecule has 1 atom stereocenters. The molecular weight excluding hydrogens is 214 g/mol. The Hall–Kier alpha value is -1.68. The number of nitrogens with zero attached hydrogens (tertiary/aromatic N) is 2. The van der Waals surface area contributed by atoms with Gasteiger partial charge in [-0.25, -0.2) is 0 Å². The second kappa shape index (κ2) is 3.67. The van der Waals surface area contributed by atoms with Crippen LogP contribution in [0.3, 0.4) is 0 Å². The zero-order chi connectivity index (χ0) is 11.9. The van der Waals surface area contributed by atoms with E-state index in [0.717, 1.165) is 19.3 Å². The molecule has 1 aromatic heterocycles. The summed E-state index contributed by atoms with van der Waals surface area (Å²) in [5.41, 5.74) is 8.62. The molecule has 3 rings (SSSR count). The van der Waals surface area contributed by atoms with Gasteiger partial charge in [0.1, 0.15) is 0 Å². The number of hydrogen-bond donors (Lipinski definition) is 1. The molecule has 17 heavy (non-hydrogen) atoms. The Bertz CT molecular complexity index is 549. The molecule has 2 N–H and O–H groups in total. The second-order valence-corrected chi connectivity index (χ2v) is 4.74. The van der Waals surface area contributed by atoms with Gasteiger partial charge in [-0.15, -0.1) is 0 Å². The highest BCUT2D eigenvalue weighted by Crippen LogP contribution is 2.32. The maximum atomic E-state index is 6.42. The predicted molar refractivity (Wildman–Crippen MR) is 63.4 cm³/mol. The van der Waals surface area contributed by atoms with Crippen molar-refractivity contribution in [3.05, 3.63) is 47.1 Å². The third-order valence-electron chi connectivity index (χ3n) is 3.44. The minimum absolute atomic E-state index is 0.480. The molecule has 0 saturated carbocycles. The van der Waals surface area contributed by atoms with E-state index in [9.17, 15) is 0 Å². The quantitative estimate of drug-likeness (QED) is 0.808. The van der Waals surface area contributed by atoms with Gasteiger partial charge in [0.2, 0.25) is 5.89 Å². The summed E-state index contributed by atoms with van der Waals surface area (Å²) >= 11 is 0. The molecule has 0 saturated heterocycles. The minimum Gasteiger partial charge on any atom is -0.340 e. The molecule has 88 valence electrons. The molecule has 0 amide bonds. The first-order valence-electron chi connectivity index (χ1n) is 5.84. The van der Waals surface area contributed by atoms with Crippen LogP contribution >= 0.6 is 0 Å². The van der Waals surface area contributed by atoms with Crippen molar-refractivity contribution in [3.8, 4) is 0 Å². The van der Waals surface area contributed by atoms with Crippen molar-refractivity contribution in [3.63, 3.8) is 0 Å². The third kappa shape index (κ3) is 1.74. The molecule has 4 nitrogen and oxygen atoms in total. The maximum absolute atomic E-state index is 6.42. The van der Waals surface area contributed by atoms with Gasteiger partial charge in [0.25, 0.3) is 0 Å². The predicted octanol–water partition coefficient (Wildman–Crippen LogP) is 1.72. The number of aromatic nitrogens is 2. The summed E-state index contributed by atoms with van der Waals surface area (Å²) in [6.45, 7) is 1.79. The Morgan fingerprint density at radius 2 is 2.06 bits per heavy atom. The largest absolute Gasteiger partial charge is 0.340 e. The highest BCUT2D eigenvalue weighted by Gasteiger charge is 2.36. The van der Waals surface area contributed by atoms with E-state index in [1.165, 1.54) is 11.1 Å². The van der Waals surface area contributed by atoms with Crippen LogP contribution in [-0.2, 0) is 18.4 Å². The lowest BCUT2D eigenvalue weighted by Crippen LogP contribution is -2.43. The standard InChI is InChI=1S/C13H15N3O/c1-9-15-12(16-17-9)13(14)7-6-10-4-2-3-5-11(10)8-13/h2-5H,6-8,14H2,1H3. The van der Waals surface area contributed by atoms with Crippen LogP contribution in [0.4, 0.5) is 0 Å². The molecule has 1 heterocycles. The van der Waals surface area contributed by atoms with Crippen LogP contribution in [0.2, 0.25) is 0 Å². The molecule has 0 bridgehead atoms. The molecule has 0 fully saturated rings. The van der Waals surface area contributed by atoms with Crippen molar-refractivity contribution in [2.75, 3.05) is 0 Å². The van der Waals surface area contributed by atoms with Crippen molar-refractivity contribution >= 4 is 0 Å². The normalized spacial score (nSPS) is 23.4. The number of benzene rings is 1. The van der Waals surface area contributed by atoms with Crippen LogP contribution in [0.5, 0.6) is 0 Å². The van der Waals surface area contributed by atoms with E-state index in [-0.39, 0.29) is 0 Å². The van der Waals surface area contributed by atoms with Crippen molar-refractivity contribution in [2.24, 2.45) is 5.73 Å². The molecule has 1 aliphatic rings. The third-order valence-corrected chi connectivity index (χ3v) is 3.44. The van der Waals surface area contributed by atoms with Crippen molar-refractivity contribution in [1.82, 2.24) is 10.1 Å². The lowest BCUT2D eigenvalue weighted by Gasteiger charge is -2.31. The van der Waals surface area contributed by atoms with Gasteiger partial charge >= 0.3 is 0 Å². The SMILES string of the molecule is Cc1nc(C2(N)CCc3ccccc3C2)no1. The molecular formula is C13H15N3O. The van der Waals surface area contributed by atoms with E-state index >= 15 is 0 Å². The number of aryl methyl sites for hydroxylation is 2. The Morgan fingerprint density at radius 1 is 1.29 bits per heavy atom. The van der Waals surface area contributed by atoms with E-state index in [4.69, 9.17) is 10.3 Å². The lowest BCUT2D eigenvalue weighted by molar-refractivity contribution is 0.328. The molecule has 4 heteroatoms. The summed E-state index contributed by atoms with van der Waals surface area (Å²) in [4.78, 5) is 4.28. The fourth-order valence-corrected chi connectivity index (χ4v) is 2.45. The number of nitrogens with two attached hydrogens (primary N) is 1. The smallest absolute Gasteiger partial charge is 0.223 e. The number of fused-ring (bicyclic) bond motifs is 1. The second-order valence-electron chi connectivity index (χ2n) is 4.74. The van der Waals surface area contributed by atoms with Gasteiger partial charge in [-0.3, -0.25) is 0 Å². The monoisotopic (exact) mass is 229 g/mol. The summed E-state index contributed by atoms with van der Waals surface area (Å²) in [5.74, 6) is 1.20. The molecule has 1 unspecified atom stereocenters. The van der Waals surface area contributed by atoms with Crippen molar-refractivity contribution in [1.29, 1.82) is 0 Å². The average molecular weight is 229 g/mol. The van der Waals surface area contributed by atoms with Gasteiger partial charge in [-0.1, -0.05) is 29.4 Å². The van der Waals surface area contributed by atoms with Crippen LogP contribution in [-0.4, -0.2) is 10.1 Å². The van der Waals surface area contributed by atoms with E-state index in [0.29, 0.717) is 11.7 Å². The van der Waals surface area contributed by atoms with Gasteiger partial charge < -0.3 is 10.3 Å². The number of hydrogen-bond acceptors (Lipinski definition) is 4. The van der Waals surface area contributed by atoms with Gasteiger partial charge in [-0.05, 0) is 30.4 Å². The van der Waals surface area contributed by atoms with Crippen LogP contribution < -0.4 is 5.73 Å². The van der Waals surface area contributed by atoms with E-state index in [1.54, 1.807) is 6.92 Å². The van der Waals surface area contributed by atoms with E-state index in [1.807, 2.05) is 6.07 Å². The topological polar surface area (TPSA) is 64.9 Å². The molecule has 1 aliphatic carbocycles.